The van der Waals surface area contributed by atoms with Crippen LogP contribution >= 0.6 is 0 Å². The van der Waals surface area contributed by atoms with Crippen LogP contribution in [0.1, 0.15) is 70.3 Å². The zero-order valence-electron chi connectivity index (χ0n) is 20.7. The maximum atomic E-state index is 14.4. The molecule has 2 atom stereocenters. The van der Waals surface area contributed by atoms with E-state index in [0.29, 0.717) is 44.3 Å². The Bertz CT molecular complexity index is 954. The maximum absolute atomic E-state index is 14.4. The van der Waals surface area contributed by atoms with Crippen molar-refractivity contribution >= 4 is 17.8 Å². The first-order valence-corrected chi connectivity index (χ1v) is 12.9. The van der Waals surface area contributed by atoms with Crippen molar-refractivity contribution in [1.82, 2.24) is 9.80 Å². The lowest BCUT2D eigenvalue weighted by Gasteiger charge is -2.42. The first-order valence-electron chi connectivity index (χ1n) is 12.9. The number of likely N-dealkylation sites (tertiary alicyclic amines) is 1. The summed E-state index contributed by atoms with van der Waals surface area (Å²) in [5, 5.41) is 0. The van der Waals surface area contributed by atoms with Gasteiger partial charge in [0.1, 0.15) is 17.2 Å². The minimum Gasteiger partial charge on any atom is -0.458 e. The second-order valence-electron chi connectivity index (χ2n) is 10.4. The van der Waals surface area contributed by atoms with E-state index < -0.39 is 23.2 Å². The fourth-order valence-corrected chi connectivity index (χ4v) is 6.30. The molecule has 1 aromatic rings. The number of likely N-dealkylation sites (N-methyl/N-ethyl adjacent to an activating group) is 1. The molecule has 0 N–H and O–H groups in total. The standard InChI is InChI=1S/C27H36F2N2O4/c1-3-24(32)30(2)23(15-19-7-8-20(28)16-22(19)29)18-9-13-31(14-10-18)26(34)21-17-25(33)35-27(21)11-5-4-6-12-27/h7-8,16,18,21,23H,3-6,9-15,17H2,1-2H3. The summed E-state index contributed by atoms with van der Waals surface area (Å²) in [6.07, 6.45) is 6.68. The van der Waals surface area contributed by atoms with Crippen LogP contribution < -0.4 is 0 Å². The van der Waals surface area contributed by atoms with Crippen molar-refractivity contribution in [2.75, 3.05) is 20.1 Å². The summed E-state index contributed by atoms with van der Waals surface area (Å²) in [5.41, 5.74) is -0.258. The minimum atomic E-state index is -0.639. The average molecular weight is 491 g/mol. The lowest BCUT2D eigenvalue weighted by Crippen LogP contribution is -2.52. The zero-order chi connectivity index (χ0) is 25.2. The predicted molar refractivity (Wildman–Crippen MR) is 126 cm³/mol. The third-order valence-electron chi connectivity index (χ3n) is 8.35. The largest absolute Gasteiger partial charge is 0.458 e. The van der Waals surface area contributed by atoms with Gasteiger partial charge in [0.2, 0.25) is 11.8 Å². The molecule has 35 heavy (non-hydrogen) atoms. The fraction of sp³-hybridized carbons (Fsp3) is 0.667. The van der Waals surface area contributed by atoms with Crippen LogP contribution in [0, 0.1) is 23.5 Å². The van der Waals surface area contributed by atoms with Gasteiger partial charge >= 0.3 is 5.97 Å². The van der Waals surface area contributed by atoms with Crippen molar-refractivity contribution in [3.8, 4) is 0 Å². The van der Waals surface area contributed by atoms with E-state index in [1.165, 1.54) is 12.1 Å². The van der Waals surface area contributed by atoms with Gasteiger partial charge in [-0.15, -0.1) is 0 Å². The normalized spacial score (nSPS) is 23.3. The molecule has 1 saturated carbocycles. The Balaban J connectivity index is 1.45. The molecule has 2 aliphatic heterocycles. The molecule has 8 heteroatoms. The molecule has 1 aliphatic carbocycles. The van der Waals surface area contributed by atoms with Crippen LogP contribution in [-0.2, 0) is 25.5 Å². The van der Waals surface area contributed by atoms with Gasteiger partial charge in [0.15, 0.2) is 0 Å². The Hall–Kier alpha value is -2.51. The molecule has 1 spiro atoms. The van der Waals surface area contributed by atoms with Crippen molar-refractivity contribution < 1.29 is 27.9 Å². The molecule has 3 fully saturated rings. The first-order chi connectivity index (χ1) is 16.7. The molecular weight excluding hydrogens is 454 g/mol. The van der Waals surface area contributed by atoms with E-state index in [9.17, 15) is 23.2 Å². The lowest BCUT2D eigenvalue weighted by atomic mass is 9.75. The van der Waals surface area contributed by atoms with Gasteiger partial charge in [0, 0.05) is 38.7 Å². The SMILES string of the molecule is CCC(=O)N(C)C(Cc1ccc(F)cc1F)C1CCN(C(=O)C2CC(=O)OC23CCCCC3)CC1. The summed E-state index contributed by atoms with van der Waals surface area (Å²) in [6.45, 7) is 2.85. The van der Waals surface area contributed by atoms with Crippen LogP contribution in [0.5, 0.6) is 0 Å². The van der Waals surface area contributed by atoms with Crippen LogP contribution in [0.15, 0.2) is 18.2 Å². The summed E-state index contributed by atoms with van der Waals surface area (Å²) in [5.74, 6) is -1.89. The molecule has 1 aromatic carbocycles. The van der Waals surface area contributed by atoms with Crippen molar-refractivity contribution in [1.29, 1.82) is 0 Å². The number of ether oxygens (including phenoxy) is 1. The van der Waals surface area contributed by atoms with Crippen molar-refractivity contribution in [2.45, 2.75) is 82.8 Å². The molecule has 2 amide bonds. The molecule has 3 aliphatic rings. The van der Waals surface area contributed by atoms with Crippen LogP contribution in [-0.4, -0.2) is 59.4 Å². The number of piperidine rings is 1. The molecule has 6 nitrogen and oxygen atoms in total. The number of carbonyl (C=O) groups is 3. The van der Waals surface area contributed by atoms with E-state index in [1.807, 2.05) is 4.90 Å². The van der Waals surface area contributed by atoms with Gasteiger partial charge in [0.25, 0.3) is 0 Å². The minimum absolute atomic E-state index is 0.00434. The van der Waals surface area contributed by atoms with E-state index >= 15 is 0 Å². The Labute approximate surface area is 206 Å². The van der Waals surface area contributed by atoms with Crippen LogP contribution in [0.25, 0.3) is 0 Å². The van der Waals surface area contributed by atoms with Crippen LogP contribution in [0.2, 0.25) is 0 Å². The Morgan fingerprint density at radius 2 is 1.86 bits per heavy atom. The summed E-state index contributed by atoms with van der Waals surface area (Å²) >= 11 is 0. The molecule has 0 radical (unpaired) electrons. The quantitative estimate of drug-likeness (QED) is 0.560. The number of carbonyl (C=O) groups excluding carboxylic acids is 3. The second-order valence-corrected chi connectivity index (χ2v) is 10.4. The number of halogens is 2. The first kappa shape index (κ1) is 25.6. The van der Waals surface area contributed by atoms with E-state index in [2.05, 4.69) is 0 Å². The maximum Gasteiger partial charge on any atom is 0.307 e. The van der Waals surface area contributed by atoms with Crippen molar-refractivity contribution in [3.05, 3.63) is 35.4 Å². The van der Waals surface area contributed by atoms with Gasteiger partial charge < -0.3 is 14.5 Å². The average Bonchev–Trinajstić information content (AvgIpc) is 3.17. The number of benzene rings is 1. The molecular formula is C27H36F2N2O4. The topological polar surface area (TPSA) is 66.9 Å². The number of nitrogens with zero attached hydrogens (tertiary/aromatic N) is 2. The number of esters is 1. The third kappa shape index (κ3) is 5.36. The third-order valence-corrected chi connectivity index (χ3v) is 8.35. The van der Waals surface area contributed by atoms with Gasteiger partial charge in [-0.3, -0.25) is 14.4 Å². The molecule has 2 saturated heterocycles. The Kier molecular flexibility index (Phi) is 7.77. The van der Waals surface area contributed by atoms with E-state index in [4.69, 9.17) is 4.74 Å². The fourth-order valence-electron chi connectivity index (χ4n) is 6.30. The highest BCUT2D eigenvalue weighted by molar-refractivity contribution is 5.88. The number of hydrogen-bond donors (Lipinski definition) is 0. The number of hydrogen-bond acceptors (Lipinski definition) is 4. The Morgan fingerprint density at radius 3 is 2.49 bits per heavy atom. The van der Waals surface area contributed by atoms with Gasteiger partial charge in [-0.25, -0.2) is 8.78 Å². The van der Waals surface area contributed by atoms with Gasteiger partial charge in [-0.05, 0) is 62.5 Å². The summed E-state index contributed by atoms with van der Waals surface area (Å²) in [4.78, 5) is 41.7. The van der Waals surface area contributed by atoms with Gasteiger partial charge in [-0.1, -0.05) is 19.4 Å². The monoisotopic (exact) mass is 490 g/mol. The number of amides is 2. The molecule has 0 bridgehead atoms. The van der Waals surface area contributed by atoms with E-state index in [-0.39, 0.29) is 36.2 Å². The second kappa shape index (κ2) is 10.6. The van der Waals surface area contributed by atoms with E-state index in [0.717, 1.165) is 38.2 Å². The van der Waals surface area contributed by atoms with Crippen molar-refractivity contribution in [2.24, 2.45) is 11.8 Å². The summed E-state index contributed by atoms with van der Waals surface area (Å²) in [7, 11) is 1.74. The highest BCUT2D eigenvalue weighted by Gasteiger charge is 2.54. The van der Waals surface area contributed by atoms with Gasteiger partial charge in [-0.2, -0.15) is 0 Å². The molecule has 4 rings (SSSR count). The highest BCUT2D eigenvalue weighted by Crippen LogP contribution is 2.45. The molecule has 192 valence electrons. The van der Waals surface area contributed by atoms with Crippen LogP contribution in [0.3, 0.4) is 0 Å². The lowest BCUT2D eigenvalue weighted by molar-refractivity contribution is -0.156. The number of rotatable bonds is 6. The van der Waals surface area contributed by atoms with Gasteiger partial charge in [0.05, 0.1) is 12.3 Å². The Morgan fingerprint density at radius 1 is 1.17 bits per heavy atom. The summed E-state index contributed by atoms with van der Waals surface area (Å²) in [6, 6.07) is 3.31. The zero-order valence-corrected chi connectivity index (χ0v) is 20.7. The molecule has 2 heterocycles. The van der Waals surface area contributed by atoms with E-state index in [1.54, 1.807) is 18.9 Å². The predicted octanol–water partition coefficient (Wildman–Crippen LogP) is 4.25. The van der Waals surface area contributed by atoms with Crippen molar-refractivity contribution in [3.63, 3.8) is 0 Å². The molecule has 0 aromatic heterocycles. The molecule has 2 unspecified atom stereocenters. The van der Waals surface area contributed by atoms with Crippen LogP contribution in [0.4, 0.5) is 8.78 Å². The smallest absolute Gasteiger partial charge is 0.307 e. The summed E-state index contributed by atoms with van der Waals surface area (Å²) < 4.78 is 33.6. The highest BCUT2D eigenvalue weighted by atomic mass is 19.1.